The first kappa shape index (κ1) is 19.3. The van der Waals surface area contributed by atoms with E-state index in [9.17, 15) is 13.2 Å². The Bertz CT molecular complexity index is 780. The summed E-state index contributed by atoms with van der Waals surface area (Å²) in [5, 5.41) is 0.428. The molecule has 2 aliphatic rings. The highest BCUT2D eigenvalue weighted by Crippen LogP contribution is 2.38. The molecule has 1 unspecified atom stereocenters. The number of carbonyl (C=O) groups excluding carboxylic acids is 1. The number of sulfone groups is 1. The van der Waals surface area contributed by atoms with Gasteiger partial charge in [-0.05, 0) is 30.5 Å². The summed E-state index contributed by atoms with van der Waals surface area (Å²) >= 11 is 6.30. The Morgan fingerprint density at radius 2 is 2.08 bits per heavy atom. The van der Waals surface area contributed by atoms with Crippen molar-refractivity contribution in [1.29, 1.82) is 0 Å². The molecule has 0 bridgehead atoms. The molecule has 0 radical (unpaired) electrons. The predicted octanol–water partition coefficient (Wildman–Crippen LogP) is 2.47. The lowest BCUT2D eigenvalue weighted by molar-refractivity contribution is -0.132. The van der Waals surface area contributed by atoms with Crippen molar-refractivity contribution in [3.05, 3.63) is 22.7 Å². The number of benzene rings is 1. The number of rotatable bonds is 5. The van der Waals surface area contributed by atoms with Gasteiger partial charge >= 0.3 is 0 Å². The van der Waals surface area contributed by atoms with Crippen molar-refractivity contribution in [2.24, 2.45) is 0 Å². The van der Waals surface area contributed by atoms with Crippen LogP contribution >= 0.6 is 11.6 Å². The monoisotopic (exact) mass is 401 g/mol. The van der Waals surface area contributed by atoms with Gasteiger partial charge in [-0.2, -0.15) is 0 Å². The second kappa shape index (κ2) is 8.05. The summed E-state index contributed by atoms with van der Waals surface area (Å²) in [7, 11) is -3.04. The molecule has 26 heavy (non-hydrogen) atoms. The highest BCUT2D eigenvalue weighted by atomic mass is 35.5. The van der Waals surface area contributed by atoms with E-state index in [4.69, 9.17) is 21.1 Å². The molecule has 1 saturated heterocycles. The van der Waals surface area contributed by atoms with Gasteiger partial charge in [-0.1, -0.05) is 18.5 Å². The number of ether oxygens (including phenoxy) is 2. The summed E-state index contributed by atoms with van der Waals surface area (Å²) in [4.78, 5) is 14.6. The molecule has 1 aromatic rings. The van der Waals surface area contributed by atoms with Crippen LogP contribution in [0.25, 0.3) is 0 Å². The van der Waals surface area contributed by atoms with E-state index >= 15 is 0 Å². The smallest absolute Gasteiger partial charge is 0.227 e. The van der Waals surface area contributed by atoms with Crippen molar-refractivity contribution >= 4 is 27.3 Å². The van der Waals surface area contributed by atoms with E-state index in [0.29, 0.717) is 42.7 Å². The minimum Gasteiger partial charge on any atom is -0.489 e. The molecule has 0 saturated carbocycles. The van der Waals surface area contributed by atoms with Gasteiger partial charge in [-0.3, -0.25) is 4.79 Å². The fraction of sp³-hybridized carbons (Fsp3) is 0.611. The SMILES string of the molecule is CCCN(C(=O)Cc1cc(Cl)c2c(c1)OCCCO2)C1CCS(=O)(=O)C1. The van der Waals surface area contributed by atoms with Crippen LogP contribution in [0.15, 0.2) is 12.1 Å². The average Bonchev–Trinajstić information content (AvgIpc) is 2.79. The Labute approximate surface area is 159 Å². The van der Waals surface area contributed by atoms with Crippen LogP contribution in [0.4, 0.5) is 0 Å². The molecule has 2 aliphatic heterocycles. The minimum atomic E-state index is -3.04. The second-order valence-electron chi connectivity index (χ2n) is 6.78. The van der Waals surface area contributed by atoms with Crippen LogP contribution in [-0.2, 0) is 21.1 Å². The Kier molecular flexibility index (Phi) is 5.97. The number of hydrogen-bond acceptors (Lipinski definition) is 5. The molecule has 1 fully saturated rings. The summed E-state index contributed by atoms with van der Waals surface area (Å²) < 4.78 is 34.8. The first-order valence-corrected chi connectivity index (χ1v) is 11.2. The van der Waals surface area contributed by atoms with Crippen LogP contribution in [0.3, 0.4) is 0 Å². The van der Waals surface area contributed by atoms with Crippen LogP contribution in [0.5, 0.6) is 11.5 Å². The maximum Gasteiger partial charge on any atom is 0.227 e. The molecule has 6 nitrogen and oxygen atoms in total. The van der Waals surface area contributed by atoms with E-state index < -0.39 is 9.84 Å². The molecular formula is C18H24ClNO5S. The molecule has 3 rings (SSSR count). The van der Waals surface area contributed by atoms with E-state index in [-0.39, 0.29) is 29.9 Å². The first-order valence-electron chi connectivity index (χ1n) is 8.97. The zero-order valence-corrected chi connectivity index (χ0v) is 16.4. The van der Waals surface area contributed by atoms with Crippen molar-refractivity contribution in [1.82, 2.24) is 4.90 Å². The zero-order valence-electron chi connectivity index (χ0n) is 14.9. The van der Waals surface area contributed by atoms with Gasteiger partial charge in [0.1, 0.15) is 0 Å². The third-order valence-electron chi connectivity index (χ3n) is 4.65. The van der Waals surface area contributed by atoms with E-state index in [2.05, 4.69) is 0 Å². The molecule has 1 aromatic carbocycles. The first-order chi connectivity index (χ1) is 12.4. The molecule has 0 aliphatic carbocycles. The van der Waals surface area contributed by atoms with Crippen LogP contribution in [0, 0.1) is 0 Å². The Morgan fingerprint density at radius 3 is 2.77 bits per heavy atom. The average molecular weight is 402 g/mol. The van der Waals surface area contributed by atoms with Gasteiger partial charge < -0.3 is 14.4 Å². The maximum absolute atomic E-state index is 12.9. The summed E-state index contributed by atoms with van der Waals surface area (Å²) in [5.74, 6) is 1.21. The molecule has 2 heterocycles. The van der Waals surface area contributed by atoms with Crippen LogP contribution < -0.4 is 9.47 Å². The van der Waals surface area contributed by atoms with Gasteiger partial charge in [-0.15, -0.1) is 0 Å². The number of nitrogens with zero attached hydrogens (tertiary/aromatic N) is 1. The second-order valence-corrected chi connectivity index (χ2v) is 9.41. The summed E-state index contributed by atoms with van der Waals surface area (Å²) in [6, 6.07) is 3.28. The zero-order chi connectivity index (χ0) is 18.7. The predicted molar refractivity (Wildman–Crippen MR) is 99.8 cm³/mol. The normalized spacial score (nSPS) is 21.2. The van der Waals surface area contributed by atoms with Gasteiger partial charge in [0.05, 0.1) is 36.2 Å². The van der Waals surface area contributed by atoms with E-state index in [0.717, 1.165) is 18.4 Å². The van der Waals surface area contributed by atoms with Gasteiger partial charge in [0.25, 0.3) is 0 Å². The highest BCUT2D eigenvalue weighted by Gasteiger charge is 2.34. The lowest BCUT2D eigenvalue weighted by atomic mass is 10.1. The third kappa shape index (κ3) is 4.43. The van der Waals surface area contributed by atoms with Crippen LogP contribution in [-0.4, -0.2) is 56.5 Å². The standard InChI is InChI=1S/C18H24ClNO5S/c1-2-5-20(14-4-8-26(22,23)12-14)17(21)11-13-9-15(19)18-16(10-13)24-6-3-7-25-18/h9-10,14H,2-8,11-12H2,1H3. The fourth-order valence-electron chi connectivity index (χ4n) is 3.44. The van der Waals surface area contributed by atoms with E-state index in [1.54, 1.807) is 17.0 Å². The maximum atomic E-state index is 12.9. The lowest BCUT2D eigenvalue weighted by Crippen LogP contribution is -2.42. The Morgan fingerprint density at radius 1 is 1.31 bits per heavy atom. The fourth-order valence-corrected chi connectivity index (χ4v) is 5.45. The number of hydrogen-bond donors (Lipinski definition) is 0. The largest absolute Gasteiger partial charge is 0.489 e. The molecule has 0 spiro atoms. The topological polar surface area (TPSA) is 72.9 Å². The Hall–Kier alpha value is -1.47. The van der Waals surface area contributed by atoms with Gasteiger partial charge in [0, 0.05) is 19.0 Å². The molecule has 144 valence electrons. The van der Waals surface area contributed by atoms with Crippen molar-refractivity contribution in [2.45, 2.75) is 38.6 Å². The van der Waals surface area contributed by atoms with Crippen molar-refractivity contribution in [3.8, 4) is 11.5 Å². The van der Waals surface area contributed by atoms with E-state index in [1.807, 2.05) is 6.92 Å². The molecule has 8 heteroatoms. The highest BCUT2D eigenvalue weighted by molar-refractivity contribution is 7.91. The molecule has 0 N–H and O–H groups in total. The minimum absolute atomic E-state index is 0.0562. The van der Waals surface area contributed by atoms with Crippen molar-refractivity contribution in [3.63, 3.8) is 0 Å². The molecule has 0 aromatic heterocycles. The Balaban J connectivity index is 1.77. The molecule has 1 amide bonds. The van der Waals surface area contributed by atoms with Crippen LogP contribution in [0.2, 0.25) is 5.02 Å². The summed E-state index contributed by atoms with van der Waals surface area (Å²) in [6.45, 7) is 3.62. The number of carbonyl (C=O) groups is 1. The van der Waals surface area contributed by atoms with E-state index in [1.165, 1.54) is 0 Å². The summed E-state index contributed by atoms with van der Waals surface area (Å²) in [5.41, 5.74) is 0.742. The van der Waals surface area contributed by atoms with Gasteiger partial charge in [-0.25, -0.2) is 8.42 Å². The van der Waals surface area contributed by atoms with Gasteiger partial charge in [0.15, 0.2) is 21.3 Å². The number of fused-ring (bicyclic) bond motifs is 1. The molecule has 1 atom stereocenters. The number of amides is 1. The summed E-state index contributed by atoms with van der Waals surface area (Å²) in [6.07, 6.45) is 2.23. The molecular weight excluding hydrogens is 378 g/mol. The quantitative estimate of drug-likeness (QED) is 0.757. The lowest BCUT2D eigenvalue weighted by Gasteiger charge is -2.28. The number of halogens is 1. The third-order valence-corrected chi connectivity index (χ3v) is 6.68. The van der Waals surface area contributed by atoms with Gasteiger partial charge in [0.2, 0.25) is 5.91 Å². The van der Waals surface area contributed by atoms with Crippen LogP contribution in [0.1, 0.15) is 31.7 Å². The van der Waals surface area contributed by atoms with Crippen molar-refractivity contribution < 1.29 is 22.7 Å². The van der Waals surface area contributed by atoms with Crippen molar-refractivity contribution in [2.75, 3.05) is 31.3 Å².